The van der Waals surface area contributed by atoms with Gasteiger partial charge in [-0.2, -0.15) is 0 Å². The van der Waals surface area contributed by atoms with Crippen LogP contribution in [0.25, 0.3) is 0 Å². The molecule has 94 valence electrons. The lowest BCUT2D eigenvalue weighted by Gasteiger charge is -2.38. The summed E-state index contributed by atoms with van der Waals surface area (Å²) in [7, 11) is 0. The van der Waals surface area contributed by atoms with Crippen LogP contribution in [0.3, 0.4) is 0 Å². The van der Waals surface area contributed by atoms with Crippen molar-refractivity contribution in [2.75, 3.05) is 0 Å². The Bertz CT molecular complexity index is 396. The second kappa shape index (κ2) is 5.17. The first-order valence-corrected chi connectivity index (χ1v) is 7.10. The fourth-order valence-corrected chi connectivity index (χ4v) is 3.57. The Balaban J connectivity index is 1.70. The normalized spacial score (nSPS) is 26.8. The molecule has 0 N–H and O–H groups in total. The van der Waals surface area contributed by atoms with Crippen molar-refractivity contribution in [3.63, 3.8) is 0 Å². The van der Waals surface area contributed by atoms with Crippen LogP contribution in [0.15, 0.2) is 30.3 Å². The number of carbonyl (C=O) groups is 1. The molecular formula is C15H19BO2. The quantitative estimate of drug-likeness (QED) is 0.734. The molecule has 0 atom stereocenters. The lowest BCUT2D eigenvalue weighted by molar-refractivity contribution is 0.0713. The van der Waals surface area contributed by atoms with E-state index in [0.717, 1.165) is 0 Å². The molecule has 1 aromatic rings. The van der Waals surface area contributed by atoms with Crippen LogP contribution in [0.5, 0.6) is 0 Å². The van der Waals surface area contributed by atoms with E-state index in [0.29, 0.717) is 17.2 Å². The third kappa shape index (κ3) is 2.31. The average molecular weight is 242 g/mol. The lowest BCUT2D eigenvalue weighted by atomic mass is 9.38. The molecule has 2 bridgehead atoms. The van der Waals surface area contributed by atoms with Gasteiger partial charge in [-0.1, -0.05) is 56.7 Å². The van der Waals surface area contributed by atoms with Gasteiger partial charge in [-0.05, 0) is 23.8 Å². The monoisotopic (exact) mass is 242 g/mol. The average Bonchev–Trinajstić information content (AvgIpc) is 2.39. The minimum atomic E-state index is -0.139. The zero-order chi connectivity index (χ0) is 12.4. The zero-order valence-corrected chi connectivity index (χ0v) is 10.7. The molecule has 0 aromatic heterocycles. The summed E-state index contributed by atoms with van der Waals surface area (Å²) in [4.78, 5) is 12.1. The molecule has 3 rings (SSSR count). The molecule has 2 saturated heterocycles. The first-order valence-electron chi connectivity index (χ1n) is 7.10. The predicted molar refractivity (Wildman–Crippen MR) is 72.8 cm³/mol. The van der Waals surface area contributed by atoms with E-state index in [2.05, 4.69) is 0 Å². The predicted octanol–water partition coefficient (Wildman–Crippen LogP) is 3.94. The molecule has 0 spiro atoms. The third-order valence-corrected chi connectivity index (χ3v) is 4.48. The molecule has 2 heterocycles. The standard InChI is InChI=1S/C15H19BO2/c17-15(12-6-2-1-3-7-12)18-16-13-8-4-9-14(16)11-5-10-13/h1-3,6-7,13-14H,4-5,8-11H2. The van der Waals surface area contributed by atoms with Gasteiger partial charge in [0, 0.05) is 0 Å². The van der Waals surface area contributed by atoms with E-state index in [1.165, 1.54) is 38.5 Å². The summed E-state index contributed by atoms with van der Waals surface area (Å²) in [6, 6.07) is 9.37. The Kier molecular flexibility index (Phi) is 3.40. The van der Waals surface area contributed by atoms with E-state index >= 15 is 0 Å². The topological polar surface area (TPSA) is 26.3 Å². The first-order chi connectivity index (χ1) is 8.84. The van der Waals surface area contributed by atoms with Crippen LogP contribution in [0.2, 0.25) is 11.6 Å². The Morgan fingerprint density at radius 2 is 1.56 bits per heavy atom. The minimum absolute atomic E-state index is 0.139. The summed E-state index contributed by atoms with van der Waals surface area (Å²) in [6.45, 7) is 0.181. The van der Waals surface area contributed by atoms with Crippen LogP contribution in [0, 0.1) is 0 Å². The van der Waals surface area contributed by atoms with Crippen molar-refractivity contribution in [1.82, 2.24) is 0 Å². The molecule has 2 fully saturated rings. The summed E-state index contributed by atoms with van der Waals surface area (Å²) < 4.78 is 5.81. The highest BCUT2D eigenvalue weighted by molar-refractivity contribution is 6.58. The smallest absolute Gasteiger partial charge is 0.368 e. The van der Waals surface area contributed by atoms with E-state index in [1.807, 2.05) is 30.3 Å². The molecule has 0 unspecified atom stereocenters. The van der Waals surface area contributed by atoms with Crippen molar-refractivity contribution in [2.45, 2.75) is 50.2 Å². The van der Waals surface area contributed by atoms with Crippen LogP contribution in [0.1, 0.15) is 48.9 Å². The summed E-state index contributed by atoms with van der Waals surface area (Å²) in [5, 5.41) is 0. The lowest BCUT2D eigenvalue weighted by Crippen LogP contribution is -2.38. The van der Waals surface area contributed by atoms with Crippen LogP contribution >= 0.6 is 0 Å². The van der Waals surface area contributed by atoms with Gasteiger partial charge >= 0.3 is 12.9 Å². The van der Waals surface area contributed by atoms with Crippen LogP contribution in [-0.4, -0.2) is 12.9 Å². The van der Waals surface area contributed by atoms with Crippen LogP contribution in [0.4, 0.5) is 0 Å². The molecule has 1 aromatic carbocycles. The van der Waals surface area contributed by atoms with Crippen molar-refractivity contribution < 1.29 is 9.45 Å². The van der Waals surface area contributed by atoms with Crippen molar-refractivity contribution in [3.05, 3.63) is 35.9 Å². The number of fused-ring (bicyclic) bond motifs is 2. The highest BCUT2D eigenvalue weighted by Crippen LogP contribution is 2.46. The van der Waals surface area contributed by atoms with Crippen molar-refractivity contribution in [3.8, 4) is 0 Å². The van der Waals surface area contributed by atoms with Crippen molar-refractivity contribution >= 4 is 12.9 Å². The van der Waals surface area contributed by atoms with Gasteiger partial charge in [-0.25, -0.2) is 4.79 Å². The molecule has 0 amide bonds. The number of benzene rings is 1. The molecule has 0 radical (unpaired) electrons. The highest BCUT2D eigenvalue weighted by atomic mass is 16.5. The summed E-state index contributed by atoms with van der Waals surface area (Å²) >= 11 is 0. The van der Waals surface area contributed by atoms with E-state index in [-0.39, 0.29) is 12.9 Å². The van der Waals surface area contributed by atoms with Crippen molar-refractivity contribution in [2.24, 2.45) is 0 Å². The molecule has 2 aliphatic heterocycles. The summed E-state index contributed by atoms with van der Waals surface area (Å²) in [5.41, 5.74) is 0.682. The van der Waals surface area contributed by atoms with E-state index in [9.17, 15) is 4.79 Å². The fourth-order valence-electron chi connectivity index (χ4n) is 3.57. The molecule has 18 heavy (non-hydrogen) atoms. The van der Waals surface area contributed by atoms with Crippen LogP contribution in [-0.2, 0) is 4.65 Å². The zero-order valence-electron chi connectivity index (χ0n) is 10.7. The van der Waals surface area contributed by atoms with Gasteiger partial charge in [-0.15, -0.1) is 0 Å². The number of carbonyl (C=O) groups excluding carboxylic acids is 1. The Labute approximate surface area is 109 Å². The molecule has 0 saturated carbocycles. The van der Waals surface area contributed by atoms with Gasteiger partial charge in [0.1, 0.15) is 0 Å². The maximum atomic E-state index is 12.1. The Morgan fingerprint density at radius 1 is 1.00 bits per heavy atom. The molecule has 3 heteroatoms. The fraction of sp³-hybridized carbons (Fsp3) is 0.533. The van der Waals surface area contributed by atoms with Gasteiger partial charge in [-0.3, -0.25) is 0 Å². The number of hydrogen-bond donors (Lipinski definition) is 0. The maximum absolute atomic E-state index is 12.1. The van der Waals surface area contributed by atoms with Gasteiger partial charge in [0.05, 0.1) is 5.56 Å². The van der Waals surface area contributed by atoms with E-state index < -0.39 is 0 Å². The molecule has 2 nitrogen and oxygen atoms in total. The van der Waals surface area contributed by atoms with Gasteiger partial charge in [0.25, 0.3) is 0 Å². The minimum Gasteiger partial charge on any atom is -0.532 e. The largest absolute Gasteiger partial charge is 0.532 e. The molecule has 2 aliphatic rings. The highest BCUT2D eigenvalue weighted by Gasteiger charge is 2.43. The maximum Gasteiger partial charge on any atom is 0.368 e. The Hall–Kier alpha value is -1.25. The molecular weight excluding hydrogens is 223 g/mol. The second-order valence-electron chi connectivity index (χ2n) is 5.62. The first kappa shape index (κ1) is 11.8. The number of hydrogen-bond acceptors (Lipinski definition) is 2. The van der Waals surface area contributed by atoms with E-state index in [4.69, 9.17) is 4.65 Å². The van der Waals surface area contributed by atoms with Crippen LogP contribution < -0.4 is 0 Å². The Morgan fingerprint density at radius 3 is 2.11 bits per heavy atom. The van der Waals surface area contributed by atoms with E-state index in [1.54, 1.807) is 0 Å². The summed E-state index contributed by atoms with van der Waals surface area (Å²) in [5.74, 6) is 1.09. The SMILES string of the molecule is O=C(OB1C2CCCC1CCC2)c1ccccc1. The van der Waals surface area contributed by atoms with Crippen molar-refractivity contribution in [1.29, 1.82) is 0 Å². The van der Waals surface area contributed by atoms with Gasteiger partial charge < -0.3 is 4.65 Å². The summed E-state index contributed by atoms with van der Waals surface area (Å²) in [6.07, 6.45) is 7.59. The molecule has 0 aliphatic carbocycles. The number of rotatable bonds is 2. The van der Waals surface area contributed by atoms with Gasteiger partial charge in [0.15, 0.2) is 0 Å². The van der Waals surface area contributed by atoms with Gasteiger partial charge in [0.2, 0.25) is 0 Å². The second-order valence-corrected chi connectivity index (χ2v) is 5.62. The third-order valence-electron chi connectivity index (χ3n) is 4.48.